The Morgan fingerprint density at radius 1 is 1.33 bits per heavy atom. The number of imide groups is 1. The van der Waals surface area contributed by atoms with Gasteiger partial charge in [-0.05, 0) is 24.5 Å². The van der Waals surface area contributed by atoms with Crippen LogP contribution in [0, 0.1) is 17.8 Å². The van der Waals surface area contributed by atoms with Gasteiger partial charge in [0, 0.05) is 19.0 Å². The van der Waals surface area contributed by atoms with Crippen molar-refractivity contribution in [3.05, 3.63) is 23.8 Å². The highest BCUT2D eigenvalue weighted by molar-refractivity contribution is 6.08. The molecule has 2 heterocycles. The molecule has 0 spiro atoms. The molecule has 1 aromatic rings. The molecule has 3 N–H and O–H groups in total. The summed E-state index contributed by atoms with van der Waals surface area (Å²) >= 11 is 0. The fourth-order valence-corrected chi connectivity index (χ4v) is 5.08. The number of fused-ring (bicyclic) bond motifs is 1. The number of carboxylic acids is 1. The van der Waals surface area contributed by atoms with Crippen molar-refractivity contribution in [2.75, 3.05) is 13.7 Å². The topological polar surface area (TPSA) is 124 Å². The quantitative estimate of drug-likeness (QED) is 0.571. The largest absolute Gasteiger partial charge is 0.544 e. The third-order valence-corrected chi connectivity index (χ3v) is 6.32. The number of aromatic hydroxyl groups is 1. The molecule has 0 saturated carbocycles. The molecule has 0 bridgehead atoms. The fraction of sp³-hybridized carbons (Fsp3) is 0.591. The van der Waals surface area contributed by atoms with Gasteiger partial charge in [-0.2, -0.15) is 0 Å². The summed E-state index contributed by atoms with van der Waals surface area (Å²) in [6.07, 6.45) is 1.64. The van der Waals surface area contributed by atoms with Crippen LogP contribution < -0.4 is 15.2 Å². The fourth-order valence-electron chi connectivity index (χ4n) is 5.08. The molecular formula is C22H30N2O6. The summed E-state index contributed by atoms with van der Waals surface area (Å²) in [4.78, 5) is 40.2. The van der Waals surface area contributed by atoms with Gasteiger partial charge >= 0.3 is 0 Å². The van der Waals surface area contributed by atoms with Crippen molar-refractivity contribution in [3.8, 4) is 11.5 Å². The second-order valence-corrected chi connectivity index (χ2v) is 8.73. The minimum absolute atomic E-state index is 0.0318. The van der Waals surface area contributed by atoms with Crippen LogP contribution in [-0.2, 0) is 14.4 Å². The van der Waals surface area contributed by atoms with Gasteiger partial charge in [0.05, 0.1) is 12.7 Å². The Morgan fingerprint density at radius 3 is 2.57 bits per heavy atom. The number of carboxylic acid groups (broad SMARTS) is 1. The SMILES string of the molecule is CCCCN1C(=O)[C@H]2[C@@H](C1=O)[C@](CC(C)C)(C(=O)[O-])[NH2+][C@H]2c1ccc(OC)cc1O. The van der Waals surface area contributed by atoms with Crippen LogP contribution in [0.5, 0.6) is 11.5 Å². The van der Waals surface area contributed by atoms with E-state index in [4.69, 9.17) is 4.74 Å². The van der Waals surface area contributed by atoms with Gasteiger partial charge in [-0.3, -0.25) is 14.5 Å². The van der Waals surface area contributed by atoms with Crippen LogP contribution >= 0.6 is 0 Å². The Morgan fingerprint density at radius 2 is 2.03 bits per heavy atom. The number of ether oxygens (including phenoxy) is 1. The number of benzene rings is 1. The van der Waals surface area contributed by atoms with Crippen molar-refractivity contribution in [1.29, 1.82) is 0 Å². The summed E-state index contributed by atoms with van der Waals surface area (Å²) in [5.41, 5.74) is -1.15. The molecule has 30 heavy (non-hydrogen) atoms. The number of amides is 2. The summed E-state index contributed by atoms with van der Waals surface area (Å²) in [6.45, 7) is 5.99. The maximum atomic E-state index is 13.3. The first-order chi connectivity index (χ1) is 14.2. The highest BCUT2D eigenvalue weighted by atomic mass is 16.5. The van der Waals surface area contributed by atoms with Crippen molar-refractivity contribution in [1.82, 2.24) is 4.90 Å². The molecule has 8 heteroatoms. The van der Waals surface area contributed by atoms with Crippen LogP contribution in [0.3, 0.4) is 0 Å². The lowest BCUT2D eigenvalue weighted by atomic mass is 9.75. The number of phenolic OH excluding ortho intramolecular Hbond substituents is 1. The van der Waals surface area contributed by atoms with Crippen LogP contribution in [0.1, 0.15) is 51.6 Å². The molecular weight excluding hydrogens is 388 g/mol. The average Bonchev–Trinajstić information content (AvgIpc) is 3.14. The normalized spacial score (nSPS) is 28.3. The van der Waals surface area contributed by atoms with E-state index in [-0.39, 0.29) is 30.5 Å². The van der Waals surface area contributed by atoms with E-state index in [1.807, 2.05) is 20.8 Å². The minimum Gasteiger partial charge on any atom is -0.544 e. The lowest BCUT2D eigenvalue weighted by Gasteiger charge is -2.34. The van der Waals surface area contributed by atoms with Crippen molar-refractivity contribution in [2.24, 2.45) is 17.8 Å². The summed E-state index contributed by atoms with van der Waals surface area (Å²) in [5.74, 6) is -3.75. The minimum atomic E-state index is -1.57. The first-order valence-electron chi connectivity index (χ1n) is 10.5. The van der Waals surface area contributed by atoms with E-state index in [0.29, 0.717) is 17.7 Å². The third-order valence-electron chi connectivity index (χ3n) is 6.32. The molecule has 4 atom stereocenters. The molecule has 0 aromatic heterocycles. The molecule has 164 valence electrons. The van der Waals surface area contributed by atoms with E-state index in [0.717, 1.165) is 6.42 Å². The molecule has 8 nitrogen and oxygen atoms in total. The number of hydrogen-bond acceptors (Lipinski definition) is 6. The van der Waals surface area contributed by atoms with Crippen molar-refractivity contribution in [2.45, 2.75) is 51.6 Å². The third kappa shape index (κ3) is 3.43. The number of carbonyl (C=O) groups is 3. The monoisotopic (exact) mass is 418 g/mol. The van der Waals surface area contributed by atoms with Gasteiger partial charge in [0.1, 0.15) is 40.9 Å². The smallest absolute Gasteiger partial charge is 0.240 e. The average molecular weight is 418 g/mol. The zero-order valence-corrected chi connectivity index (χ0v) is 17.9. The van der Waals surface area contributed by atoms with Gasteiger partial charge in [-0.25, -0.2) is 0 Å². The predicted octanol–water partition coefficient (Wildman–Crippen LogP) is -0.0450. The van der Waals surface area contributed by atoms with Crippen molar-refractivity contribution >= 4 is 17.8 Å². The Hall–Kier alpha value is -2.61. The number of unbranched alkanes of at least 4 members (excludes halogenated alkanes) is 1. The van der Waals surface area contributed by atoms with Gasteiger partial charge in [0.15, 0.2) is 0 Å². The molecule has 0 radical (unpaired) electrons. The lowest BCUT2D eigenvalue weighted by molar-refractivity contribution is -0.740. The summed E-state index contributed by atoms with van der Waals surface area (Å²) < 4.78 is 5.13. The van der Waals surface area contributed by atoms with E-state index < -0.39 is 35.3 Å². The summed E-state index contributed by atoms with van der Waals surface area (Å²) in [7, 11) is 1.47. The number of rotatable bonds is 8. The number of hydrogen-bond donors (Lipinski definition) is 2. The van der Waals surface area contributed by atoms with Gasteiger partial charge in [-0.1, -0.05) is 27.2 Å². The van der Waals surface area contributed by atoms with Crippen LogP contribution in [0.4, 0.5) is 0 Å². The Balaban J connectivity index is 2.12. The number of methoxy groups -OCH3 is 1. The zero-order valence-electron chi connectivity index (χ0n) is 17.9. The molecule has 2 amide bonds. The van der Waals surface area contributed by atoms with Gasteiger partial charge < -0.3 is 25.1 Å². The van der Waals surface area contributed by atoms with Gasteiger partial charge in [0.2, 0.25) is 11.8 Å². The number of quaternary nitrogens is 1. The first-order valence-corrected chi connectivity index (χ1v) is 10.5. The Labute approximate surface area is 176 Å². The molecule has 2 aliphatic rings. The predicted molar refractivity (Wildman–Crippen MR) is 105 cm³/mol. The van der Waals surface area contributed by atoms with E-state index in [9.17, 15) is 24.6 Å². The van der Waals surface area contributed by atoms with Crippen molar-refractivity contribution in [3.63, 3.8) is 0 Å². The van der Waals surface area contributed by atoms with Crippen LogP contribution in [0.2, 0.25) is 0 Å². The van der Waals surface area contributed by atoms with Crippen LogP contribution in [-0.4, -0.2) is 47.0 Å². The summed E-state index contributed by atoms with van der Waals surface area (Å²) in [5, 5.41) is 24.6. The lowest BCUT2D eigenvalue weighted by Crippen LogP contribution is -2.99. The van der Waals surface area contributed by atoms with Gasteiger partial charge in [-0.15, -0.1) is 0 Å². The second-order valence-electron chi connectivity index (χ2n) is 8.73. The standard InChI is InChI=1S/C22H30N2O6/c1-5-6-9-24-19(26)16-17(20(24)27)22(21(28)29,11-12(2)3)23-18(16)14-8-7-13(30-4)10-15(14)25/h7-8,10,12,16-18,23,25H,5-6,9,11H2,1-4H3,(H,28,29)/t16-,17-,18-,22+/m0/s1. The van der Waals surface area contributed by atoms with E-state index in [2.05, 4.69) is 0 Å². The number of likely N-dealkylation sites (tertiary alicyclic amines) is 1. The second kappa shape index (κ2) is 8.26. The Kier molecular flexibility index (Phi) is 6.08. The molecule has 0 unspecified atom stereocenters. The van der Waals surface area contributed by atoms with E-state index in [1.165, 1.54) is 18.1 Å². The maximum Gasteiger partial charge on any atom is 0.240 e. The maximum absolute atomic E-state index is 13.3. The summed E-state index contributed by atoms with van der Waals surface area (Å²) in [6, 6.07) is 3.99. The van der Waals surface area contributed by atoms with Crippen LogP contribution in [0.15, 0.2) is 18.2 Å². The zero-order chi connectivity index (χ0) is 22.2. The highest BCUT2D eigenvalue weighted by Gasteiger charge is 2.69. The molecule has 1 aromatic carbocycles. The molecule has 2 aliphatic heterocycles. The van der Waals surface area contributed by atoms with E-state index >= 15 is 0 Å². The number of nitrogens with zero attached hydrogens (tertiary/aromatic N) is 1. The number of phenols is 1. The van der Waals surface area contributed by atoms with Gasteiger partial charge in [0.25, 0.3) is 0 Å². The molecule has 2 saturated heterocycles. The first kappa shape index (κ1) is 22.1. The molecule has 0 aliphatic carbocycles. The Bertz CT molecular complexity index is 854. The molecule has 3 rings (SSSR count). The number of nitrogens with two attached hydrogens (primary N) is 1. The molecule has 2 fully saturated rings. The van der Waals surface area contributed by atoms with Crippen molar-refractivity contribution < 1.29 is 34.7 Å². The van der Waals surface area contributed by atoms with Crippen LogP contribution in [0.25, 0.3) is 0 Å². The number of carbonyl (C=O) groups excluding carboxylic acids is 3. The van der Waals surface area contributed by atoms with E-state index in [1.54, 1.807) is 17.4 Å². The number of aliphatic carboxylic acids is 1. The highest BCUT2D eigenvalue weighted by Crippen LogP contribution is 2.47.